The molecule has 2 aromatic carbocycles. The molecule has 1 heterocycles. The van der Waals surface area contributed by atoms with E-state index in [1.807, 2.05) is 47.0 Å². The summed E-state index contributed by atoms with van der Waals surface area (Å²) in [5.41, 5.74) is 2.99. The SMILES string of the molecule is CN(C)c1ccc([C@@H](CNC(=O)C(C)(C)C)N2CCN(c3ccc(F)cc3)CC2)cc1. The fourth-order valence-electron chi connectivity index (χ4n) is 3.85. The molecule has 3 rings (SSSR count). The maximum Gasteiger partial charge on any atom is 0.225 e. The van der Waals surface area contributed by atoms with Crippen molar-refractivity contribution >= 4 is 17.3 Å². The third-order valence-corrected chi connectivity index (χ3v) is 5.88. The van der Waals surface area contributed by atoms with Crippen LogP contribution in [0.5, 0.6) is 0 Å². The molecule has 1 saturated heterocycles. The number of nitrogens with zero attached hydrogens (tertiary/aromatic N) is 3. The first-order valence-corrected chi connectivity index (χ1v) is 11.0. The Labute approximate surface area is 185 Å². The Balaban J connectivity index is 1.73. The van der Waals surface area contributed by atoms with Gasteiger partial charge in [0.05, 0.1) is 6.04 Å². The monoisotopic (exact) mass is 426 g/mol. The summed E-state index contributed by atoms with van der Waals surface area (Å²) in [6.07, 6.45) is 0. The highest BCUT2D eigenvalue weighted by Gasteiger charge is 2.28. The molecule has 0 aliphatic carbocycles. The number of nitrogens with one attached hydrogen (secondary N) is 1. The number of piperazine rings is 1. The summed E-state index contributed by atoms with van der Waals surface area (Å²) in [5.74, 6) is -0.148. The van der Waals surface area contributed by atoms with Crippen molar-refractivity contribution in [3.8, 4) is 0 Å². The molecule has 2 aromatic rings. The van der Waals surface area contributed by atoms with E-state index in [0.717, 1.165) is 37.6 Å². The Hall–Kier alpha value is -2.60. The zero-order valence-corrected chi connectivity index (χ0v) is 19.4. The summed E-state index contributed by atoms with van der Waals surface area (Å²) < 4.78 is 13.3. The van der Waals surface area contributed by atoms with Crippen LogP contribution in [-0.2, 0) is 4.79 Å². The van der Waals surface area contributed by atoms with E-state index in [1.54, 1.807) is 0 Å². The first kappa shape index (κ1) is 23.1. The maximum atomic E-state index is 13.3. The molecule has 0 radical (unpaired) electrons. The average Bonchev–Trinajstić information content (AvgIpc) is 2.74. The zero-order valence-electron chi connectivity index (χ0n) is 19.4. The molecule has 0 spiro atoms. The molecule has 168 valence electrons. The highest BCUT2D eigenvalue weighted by Crippen LogP contribution is 2.26. The molecule has 1 aliphatic rings. The van der Waals surface area contributed by atoms with Crippen LogP contribution in [-0.4, -0.2) is 57.6 Å². The van der Waals surface area contributed by atoms with Crippen molar-refractivity contribution in [1.29, 1.82) is 0 Å². The topological polar surface area (TPSA) is 38.8 Å². The number of amides is 1. The molecule has 31 heavy (non-hydrogen) atoms. The molecule has 0 bridgehead atoms. The van der Waals surface area contributed by atoms with E-state index in [9.17, 15) is 9.18 Å². The highest BCUT2D eigenvalue weighted by molar-refractivity contribution is 5.81. The number of anilines is 2. The molecule has 1 aliphatic heterocycles. The Morgan fingerprint density at radius 3 is 2.10 bits per heavy atom. The average molecular weight is 427 g/mol. The molecular weight excluding hydrogens is 391 g/mol. The molecule has 0 saturated carbocycles. The number of benzene rings is 2. The van der Waals surface area contributed by atoms with E-state index in [2.05, 4.69) is 44.3 Å². The van der Waals surface area contributed by atoms with Crippen LogP contribution in [0.3, 0.4) is 0 Å². The first-order valence-electron chi connectivity index (χ1n) is 11.0. The fourth-order valence-corrected chi connectivity index (χ4v) is 3.85. The van der Waals surface area contributed by atoms with Crippen molar-refractivity contribution in [2.45, 2.75) is 26.8 Å². The van der Waals surface area contributed by atoms with E-state index in [4.69, 9.17) is 0 Å². The van der Waals surface area contributed by atoms with Gasteiger partial charge in [0.25, 0.3) is 0 Å². The predicted molar refractivity (Wildman–Crippen MR) is 126 cm³/mol. The highest BCUT2D eigenvalue weighted by atomic mass is 19.1. The minimum absolute atomic E-state index is 0.0624. The van der Waals surface area contributed by atoms with Crippen molar-refractivity contribution in [1.82, 2.24) is 10.2 Å². The standard InChI is InChI=1S/C25H35FN4O/c1-25(2,3)24(31)27-18-23(19-6-10-21(11-7-19)28(4)5)30-16-14-29(15-17-30)22-12-8-20(26)9-13-22/h6-13,23H,14-18H2,1-5H3,(H,27,31)/t23-/m1/s1. The van der Waals surface area contributed by atoms with Gasteiger partial charge in [0.1, 0.15) is 5.82 Å². The van der Waals surface area contributed by atoms with Crippen LogP contribution in [0.1, 0.15) is 32.4 Å². The van der Waals surface area contributed by atoms with E-state index in [-0.39, 0.29) is 17.8 Å². The summed E-state index contributed by atoms with van der Waals surface area (Å²) in [5, 5.41) is 3.16. The van der Waals surface area contributed by atoms with Crippen molar-refractivity contribution in [2.24, 2.45) is 5.41 Å². The van der Waals surface area contributed by atoms with Crippen LogP contribution in [0.2, 0.25) is 0 Å². The molecular formula is C25H35FN4O. The van der Waals surface area contributed by atoms with Crippen molar-refractivity contribution in [3.63, 3.8) is 0 Å². The lowest BCUT2D eigenvalue weighted by Gasteiger charge is -2.40. The molecule has 6 heteroatoms. The number of halogens is 1. The third-order valence-electron chi connectivity index (χ3n) is 5.88. The van der Waals surface area contributed by atoms with E-state index in [1.165, 1.54) is 17.7 Å². The summed E-state index contributed by atoms with van der Waals surface area (Å²) >= 11 is 0. The molecule has 1 amide bonds. The van der Waals surface area contributed by atoms with E-state index < -0.39 is 5.41 Å². The molecule has 0 unspecified atom stereocenters. The first-order chi connectivity index (χ1) is 14.6. The van der Waals surface area contributed by atoms with Crippen LogP contribution in [0.4, 0.5) is 15.8 Å². The van der Waals surface area contributed by atoms with Gasteiger partial charge in [0.15, 0.2) is 0 Å². The van der Waals surface area contributed by atoms with Gasteiger partial charge in [-0.1, -0.05) is 32.9 Å². The van der Waals surface area contributed by atoms with Gasteiger partial charge in [-0.05, 0) is 42.0 Å². The van der Waals surface area contributed by atoms with Gasteiger partial charge >= 0.3 is 0 Å². The quantitative estimate of drug-likeness (QED) is 0.760. The fraction of sp³-hybridized carbons (Fsp3) is 0.480. The minimum atomic E-state index is -0.416. The number of rotatable bonds is 6. The Morgan fingerprint density at radius 2 is 1.58 bits per heavy atom. The Morgan fingerprint density at radius 1 is 1.00 bits per heavy atom. The van der Waals surface area contributed by atoms with Crippen molar-refractivity contribution in [2.75, 3.05) is 56.6 Å². The van der Waals surface area contributed by atoms with Crippen molar-refractivity contribution < 1.29 is 9.18 Å². The second-order valence-electron chi connectivity index (χ2n) is 9.46. The largest absolute Gasteiger partial charge is 0.378 e. The second kappa shape index (κ2) is 9.69. The Kier molecular flexibility index (Phi) is 7.21. The van der Waals surface area contributed by atoms with Crippen LogP contribution < -0.4 is 15.1 Å². The van der Waals surface area contributed by atoms with Crippen LogP contribution >= 0.6 is 0 Å². The minimum Gasteiger partial charge on any atom is -0.378 e. The van der Waals surface area contributed by atoms with Crippen LogP contribution in [0.15, 0.2) is 48.5 Å². The van der Waals surface area contributed by atoms with Gasteiger partial charge in [-0.25, -0.2) is 4.39 Å². The van der Waals surface area contributed by atoms with Crippen LogP contribution in [0.25, 0.3) is 0 Å². The van der Waals surface area contributed by atoms with E-state index in [0.29, 0.717) is 6.54 Å². The molecule has 0 aromatic heterocycles. The lowest BCUT2D eigenvalue weighted by atomic mass is 9.95. The molecule has 1 fully saturated rings. The normalized spacial score (nSPS) is 16.1. The summed E-state index contributed by atoms with van der Waals surface area (Å²) in [6.45, 7) is 9.87. The van der Waals surface area contributed by atoms with Crippen molar-refractivity contribution in [3.05, 3.63) is 59.9 Å². The lowest BCUT2D eigenvalue weighted by molar-refractivity contribution is -0.128. The van der Waals surface area contributed by atoms with Gasteiger partial charge in [-0.15, -0.1) is 0 Å². The molecule has 1 N–H and O–H groups in total. The predicted octanol–water partition coefficient (Wildman–Crippen LogP) is 3.92. The van der Waals surface area contributed by atoms with Gasteiger partial charge in [-0.2, -0.15) is 0 Å². The zero-order chi connectivity index (χ0) is 22.6. The number of hydrogen-bond acceptors (Lipinski definition) is 4. The number of carbonyl (C=O) groups is 1. The van der Waals surface area contributed by atoms with Gasteiger partial charge in [0.2, 0.25) is 5.91 Å². The van der Waals surface area contributed by atoms with Gasteiger partial charge in [0, 0.05) is 63.6 Å². The molecule has 5 nitrogen and oxygen atoms in total. The lowest BCUT2D eigenvalue weighted by Crippen LogP contribution is -2.50. The smallest absolute Gasteiger partial charge is 0.225 e. The van der Waals surface area contributed by atoms with Crippen LogP contribution in [0, 0.1) is 11.2 Å². The summed E-state index contributed by atoms with van der Waals surface area (Å²) in [4.78, 5) is 19.3. The number of hydrogen-bond donors (Lipinski definition) is 1. The second-order valence-corrected chi connectivity index (χ2v) is 9.46. The van der Waals surface area contributed by atoms with E-state index >= 15 is 0 Å². The van der Waals surface area contributed by atoms with Gasteiger partial charge in [-0.3, -0.25) is 9.69 Å². The Bertz CT molecular complexity index is 851. The third kappa shape index (κ3) is 5.97. The maximum absolute atomic E-state index is 13.3. The van der Waals surface area contributed by atoms with Gasteiger partial charge < -0.3 is 15.1 Å². The summed E-state index contributed by atoms with van der Waals surface area (Å²) in [7, 11) is 4.06. The summed E-state index contributed by atoms with van der Waals surface area (Å²) in [6, 6.07) is 15.4. The number of carbonyl (C=O) groups excluding carboxylic acids is 1. The molecule has 1 atom stereocenters.